The zero-order valence-electron chi connectivity index (χ0n) is 13.8. The molecule has 0 saturated carbocycles. The van der Waals surface area contributed by atoms with Crippen molar-refractivity contribution in [2.45, 2.75) is 26.2 Å². The van der Waals surface area contributed by atoms with Crippen LogP contribution in [0.1, 0.15) is 31.7 Å². The lowest BCUT2D eigenvalue weighted by molar-refractivity contribution is 0.500. The summed E-state index contributed by atoms with van der Waals surface area (Å²) < 4.78 is 0. The van der Waals surface area contributed by atoms with Crippen LogP contribution in [0.5, 0.6) is 0 Å². The maximum atomic E-state index is 8.45. The summed E-state index contributed by atoms with van der Waals surface area (Å²) in [7, 11) is 2.00. The average molecular weight is 305 g/mol. The molecule has 0 saturated heterocycles. The van der Waals surface area contributed by atoms with Gasteiger partial charge in [-0.2, -0.15) is 0 Å². The van der Waals surface area contributed by atoms with Crippen molar-refractivity contribution in [2.24, 2.45) is 0 Å². The quantitative estimate of drug-likeness (QED) is 0.665. The lowest BCUT2D eigenvalue weighted by Crippen LogP contribution is -2.28. The van der Waals surface area contributed by atoms with Gasteiger partial charge >= 0.3 is 0 Å². The molecular formula is C20H23N3. The minimum Gasteiger partial charge on any atom is -0.359 e. The smallest absolute Gasteiger partial charge is 0.127 e. The fourth-order valence-electron chi connectivity index (χ4n) is 3.01. The number of benzene rings is 1. The molecular weight excluding hydrogens is 282 g/mol. The Balaban J connectivity index is 1.69. The van der Waals surface area contributed by atoms with Crippen LogP contribution < -0.4 is 0 Å². The first-order chi connectivity index (χ1) is 11.1. The van der Waals surface area contributed by atoms with E-state index in [1.54, 1.807) is 6.20 Å². The molecule has 0 atom stereocenters. The molecule has 23 heavy (non-hydrogen) atoms. The van der Waals surface area contributed by atoms with Gasteiger partial charge in [-0.1, -0.05) is 29.4 Å². The first-order valence-electron chi connectivity index (χ1n) is 8.15. The molecule has 2 aromatic rings. The summed E-state index contributed by atoms with van der Waals surface area (Å²) in [4.78, 5) is 6.37. The molecule has 1 aromatic carbocycles. The van der Waals surface area contributed by atoms with E-state index >= 15 is 0 Å². The lowest BCUT2D eigenvalue weighted by atomic mass is 9.96. The minimum atomic E-state index is 0.570. The van der Waals surface area contributed by atoms with E-state index in [-0.39, 0.29) is 0 Å². The average Bonchev–Trinajstić information content (AvgIpc) is 2.59. The Morgan fingerprint density at radius 2 is 2.17 bits per heavy atom. The van der Waals surface area contributed by atoms with Crippen LogP contribution in [0.4, 0.5) is 0 Å². The van der Waals surface area contributed by atoms with Gasteiger partial charge in [0.1, 0.15) is 5.84 Å². The van der Waals surface area contributed by atoms with Gasteiger partial charge in [-0.25, -0.2) is 0 Å². The zero-order chi connectivity index (χ0) is 16.2. The van der Waals surface area contributed by atoms with E-state index in [4.69, 9.17) is 5.41 Å². The Hall–Kier alpha value is -2.42. The Bertz CT molecular complexity index is 786. The molecule has 0 unspecified atom stereocenters. The molecule has 1 aliphatic carbocycles. The van der Waals surface area contributed by atoms with E-state index in [1.165, 1.54) is 11.1 Å². The fourth-order valence-corrected chi connectivity index (χ4v) is 3.01. The molecule has 0 spiro atoms. The Morgan fingerprint density at radius 1 is 1.30 bits per heavy atom. The Morgan fingerprint density at radius 3 is 3.00 bits per heavy atom. The largest absolute Gasteiger partial charge is 0.359 e. The van der Waals surface area contributed by atoms with Crippen LogP contribution >= 0.6 is 0 Å². The maximum absolute atomic E-state index is 8.45. The van der Waals surface area contributed by atoms with E-state index in [1.807, 2.05) is 36.2 Å². The van der Waals surface area contributed by atoms with Gasteiger partial charge in [0.25, 0.3) is 0 Å². The molecule has 1 heterocycles. The molecule has 3 heteroatoms. The molecule has 1 aromatic heterocycles. The fraction of sp³-hybridized carbons (Fsp3) is 0.300. The highest BCUT2D eigenvalue weighted by Crippen LogP contribution is 2.22. The summed E-state index contributed by atoms with van der Waals surface area (Å²) in [5.74, 6) is 0.570. The van der Waals surface area contributed by atoms with E-state index in [0.717, 1.165) is 42.3 Å². The van der Waals surface area contributed by atoms with Crippen LogP contribution in [-0.4, -0.2) is 29.3 Å². The molecule has 1 aliphatic rings. The third-order valence-electron chi connectivity index (χ3n) is 4.55. The molecule has 1 N–H and O–H groups in total. The van der Waals surface area contributed by atoms with E-state index < -0.39 is 0 Å². The monoisotopic (exact) mass is 305 g/mol. The number of rotatable bonds is 4. The molecule has 0 fully saturated rings. The van der Waals surface area contributed by atoms with Crippen molar-refractivity contribution in [3.63, 3.8) is 0 Å². The third-order valence-corrected chi connectivity index (χ3v) is 4.55. The second-order valence-corrected chi connectivity index (χ2v) is 6.16. The van der Waals surface area contributed by atoms with E-state index in [2.05, 4.69) is 30.1 Å². The van der Waals surface area contributed by atoms with Gasteiger partial charge in [-0.15, -0.1) is 0 Å². The number of hydrogen-bond donors (Lipinski definition) is 1. The number of nitrogens with zero attached hydrogens (tertiary/aromatic N) is 2. The second-order valence-electron chi connectivity index (χ2n) is 6.16. The molecule has 3 rings (SSSR count). The molecule has 118 valence electrons. The van der Waals surface area contributed by atoms with Gasteiger partial charge in [-0.05, 0) is 50.5 Å². The van der Waals surface area contributed by atoms with Gasteiger partial charge < -0.3 is 4.90 Å². The molecule has 0 bridgehead atoms. The van der Waals surface area contributed by atoms with Gasteiger partial charge in [0.15, 0.2) is 0 Å². The van der Waals surface area contributed by atoms with Crippen LogP contribution in [0.25, 0.3) is 10.9 Å². The summed E-state index contributed by atoms with van der Waals surface area (Å²) in [5, 5.41) is 9.54. The van der Waals surface area contributed by atoms with Crippen LogP contribution in [-0.2, 0) is 0 Å². The number of fused-ring (bicyclic) bond motifs is 1. The normalized spacial score (nSPS) is 14.3. The predicted molar refractivity (Wildman–Crippen MR) is 96.9 cm³/mol. The Labute approximate surface area is 137 Å². The van der Waals surface area contributed by atoms with Gasteiger partial charge in [0.05, 0.1) is 5.52 Å². The highest BCUT2D eigenvalue weighted by Gasteiger charge is 2.11. The molecule has 0 aliphatic heterocycles. The summed E-state index contributed by atoms with van der Waals surface area (Å²) in [5.41, 5.74) is 4.84. The van der Waals surface area contributed by atoms with Crippen molar-refractivity contribution in [2.75, 3.05) is 13.6 Å². The highest BCUT2D eigenvalue weighted by molar-refractivity contribution is 5.99. The van der Waals surface area contributed by atoms with Crippen molar-refractivity contribution >= 4 is 16.7 Å². The summed E-state index contributed by atoms with van der Waals surface area (Å²) >= 11 is 0. The van der Waals surface area contributed by atoms with Crippen molar-refractivity contribution in [1.82, 2.24) is 9.88 Å². The van der Waals surface area contributed by atoms with Crippen LogP contribution in [0.15, 0.2) is 59.8 Å². The molecule has 0 amide bonds. The summed E-state index contributed by atoms with van der Waals surface area (Å²) in [6.45, 7) is 3.07. The van der Waals surface area contributed by atoms with Gasteiger partial charge in [0.2, 0.25) is 0 Å². The number of amidine groups is 1. The maximum Gasteiger partial charge on any atom is 0.127 e. The summed E-state index contributed by atoms with van der Waals surface area (Å²) in [6, 6.07) is 10.0. The van der Waals surface area contributed by atoms with Crippen LogP contribution in [0.2, 0.25) is 0 Å². The number of allylic oxidation sites excluding steroid dienone is 3. The number of pyridine rings is 1. The number of aromatic nitrogens is 1. The molecule has 0 radical (unpaired) electrons. The van der Waals surface area contributed by atoms with Crippen molar-refractivity contribution < 1.29 is 0 Å². The highest BCUT2D eigenvalue weighted by atomic mass is 15.1. The SMILES string of the molecule is CC1=C(CCN(C)C(=N)c2ccc3ncccc3c2)CCC=C1. The Kier molecular flexibility index (Phi) is 4.56. The first-order valence-corrected chi connectivity index (χ1v) is 8.15. The number of nitrogens with one attached hydrogen (secondary N) is 1. The lowest BCUT2D eigenvalue weighted by Gasteiger charge is -2.22. The minimum absolute atomic E-state index is 0.570. The number of hydrogen-bond acceptors (Lipinski definition) is 2. The van der Waals surface area contributed by atoms with Gasteiger partial charge in [-0.3, -0.25) is 10.4 Å². The second kappa shape index (κ2) is 6.78. The van der Waals surface area contributed by atoms with Gasteiger partial charge in [0, 0.05) is 30.7 Å². The van der Waals surface area contributed by atoms with E-state index in [0.29, 0.717) is 5.84 Å². The van der Waals surface area contributed by atoms with Crippen molar-refractivity contribution in [1.29, 1.82) is 5.41 Å². The van der Waals surface area contributed by atoms with Crippen molar-refractivity contribution in [3.05, 3.63) is 65.4 Å². The molecule has 3 nitrogen and oxygen atoms in total. The predicted octanol–water partition coefficient (Wildman–Crippen LogP) is 4.55. The summed E-state index contributed by atoms with van der Waals surface area (Å²) in [6.07, 6.45) is 9.60. The zero-order valence-corrected chi connectivity index (χ0v) is 13.8. The first kappa shape index (κ1) is 15.5. The van der Waals surface area contributed by atoms with Crippen molar-refractivity contribution in [3.8, 4) is 0 Å². The topological polar surface area (TPSA) is 40.0 Å². The third kappa shape index (κ3) is 3.50. The van der Waals surface area contributed by atoms with Crippen LogP contribution in [0, 0.1) is 5.41 Å². The van der Waals surface area contributed by atoms with E-state index in [9.17, 15) is 0 Å². The van der Waals surface area contributed by atoms with Crippen LogP contribution in [0.3, 0.4) is 0 Å². The standard InChI is InChI=1S/C20H23N3/c1-15-6-3-4-7-16(15)11-13-23(2)20(21)18-9-10-19-17(14-18)8-5-12-22-19/h3,5-6,8-10,12,14,21H,4,7,11,13H2,1-2H3.